The average Bonchev–Trinajstić information content (AvgIpc) is 2.51. The highest BCUT2D eigenvalue weighted by Crippen LogP contribution is 2.29. The van der Waals surface area contributed by atoms with Crippen LogP contribution in [-0.4, -0.2) is 11.2 Å². The maximum Gasteiger partial charge on any atom is 0.237 e. The van der Waals surface area contributed by atoms with Gasteiger partial charge in [0.1, 0.15) is 11.6 Å². The molecule has 0 saturated carbocycles. The molecule has 0 aliphatic heterocycles. The molecule has 0 bridgehead atoms. The number of carbonyl (C=O) groups excluding carboxylic acids is 1. The normalized spacial score (nSPS) is 12.3. The van der Waals surface area contributed by atoms with Crippen LogP contribution in [0.4, 0.5) is 14.5 Å². The Morgan fingerprint density at radius 2 is 1.78 bits per heavy atom. The molecule has 0 aliphatic carbocycles. The Kier molecular flexibility index (Phi) is 5.77. The van der Waals surface area contributed by atoms with Crippen LogP contribution in [-0.2, 0) is 4.79 Å². The number of hydrogen-bond acceptors (Lipinski definition) is 2. The third-order valence-electron chi connectivity index (χ3n) is 3.41. The number of carbonyl (C=O) groups is 1. The van der Waals surface area contributed by atoms with Crippen LogP contribution in [0.25, 0.3) is 0 Å². The Bertz CT molecular complexity index is 703. The molecular weight excluding hydrogens is 316 g/mol. The zero-order valence-corrected chi connectivity index (χ0v) is 14.1. The monoisotopic (exact) mass is 335 g/mol. The summed E-state index contributed by atoms with van der Waals surface area (Å²) in [6.45, 7) is 5.76. The molecule has 1 atom stereocenters. The first kappa shape index (κ1) is 17.5. The molecule has 0 fully saturated rings. The summed E-state index contributed by atoms with van der Waals surface area (Å²) in [7, 11) is 0. The molecule has 0 unspecified atom stereocenters. The van der Waals surface area contributed by atoms with Gasteiger partial charge in [0.2, 0.25) is 5.91 Å². The molecule has 23 heavy (non-hydrogen) atoms. The number of hydrogen-bond donors (Lipinski definition) is 1. The molecule has 122 valence electrons. The summed E-state index contributed by atoms with van der Waals surface area (Å²) in [6, 6.07) is 10.8. The molecule has 1 amide bonds. The summed E-state index contributed by atoms with van der Waals surface area (Å²) >= 11 is 0.999. The molecule has 0 saturated heterocycles. The van der Waals surface area contributed by atoms with E-state index in [-0.39, 0.29) is 16.7 Å². The molecule has 2 aromatic carbocycles. The van der Waals surface area contributed by atoms with E-state index >= 15 is 0 Å². The maximum atomic E-state index is 13.7. The molecule has 0 heterocycles. The van der Waals surface area contributed by atoms with E-state index in [0.29, 0.717) is 0 Å². The third kappa shape index (κ3) is 4.55. The van der Waals surface area contributed by atoms with Gasteiger partial charge >= 0.3 is 0 Å². The van der Waals surface area contributed by atoms with Gasteiger partial charge in [-0.15, -0.1) is 11.8 Å². The van der Waals surface area contributed by atoms with Gasteiger partial charge in [-0.2, -0.15) is 0 Å². The number of rotatable bonds is 5. The van der Waals surface area contributed by atoms with E-state index in [1.165, 1.54) is 0 Å². The van der Waals surface area contributed by atoms with Crippen LogP contribution in [0.5, 0.6) is 0 Å². The van der Waals surface area contributed by atoms with Crippen molar-refractivity contribution in [2.75, 3.05) is 5.32 Å². The summed E-state index contributed by atoms with van der Waals surface area (Å²) < 4.78 is 26.9. The molecular formula is C18H19F2NOS. The van der Waals surface area contributed by atoms with Crippen molar-refractivity contribution < 1.29 is 13.6 Å². The molecule has 2 rings (SSSR count). The zero-order valence-electron chi connectivity index (χ0n) is 13.3. The first-order chi connectivity index (χ1) is 10.9. The topological polar surface area (TPSA) is 29.1 Å². The van der Waals surface area contributed by atoms with Crippen molar-refractivity contribution in [3.8, 4) is 0 Å². The lowest BCUT2D eigenvalue weighted by atomic mass is 10.0. The van der Waals surface area contributed by atoms with Gasteiger partial charge in [0.25, 0.3) is 0 Å². The van der Waals surface area contributed by atoms with Crippen molar-refractivity contribution in [1.29, 1.82) is 0 Å². The lowest BCUT2D eigenvalue weighted by molar-refractivity contribution is -0.115. The highest BCUT2D eigenvalue weighted by atomic mass is 32.2. The predicted octanol–water partition coefficient (Wildman–Crippen LogP) is 5.21. The number of anilines is 1. The van der Waals surface area contributed by atoms with E-state index < -0.39 is 16.9 Å². The number of para-hydroxylation sites is 1. The van der Waals surface area contributed by atoms with Gasteiger partial charge in [-0.25, -0.2) is 8.78 Å². The molecule has 2 nitrogen and oxygen atoms in total. The fourth-order valence-corrected chi connectivity index (χ4v) is 3.07. The first-order valence-electron chi connectivity index (χ1n) is 7.40. The Labute approximate surface area is 139 Å². The summed E-state index contributed by atoms with van der Waals surface area (Å²) in [5.74, 6) is -1.02. The number of amides is 1. The van der Waals surface area contributed by atoms with Gasteiger partial charge in [0.05, 0.1) is 5.25 Å². The Hall–Kier alpha value is -1.88. The molecule has 1 N–H and O–H groups in total. The van der Waals surface area contributed by atoms with Crippen molar-refractivity contribution >= 4 is 23.4 Å². The fourth-order valence-electron chi connectivity index (χ4n) is 2.16. The van der Waals surface area contributed by atoms with Crippen LogP contribution in [0.1, 0.15) is 32.3 Å². The molecule has 0 aromatic heterocycles. The minimum Gasteiger partial charge on any atom is -0.325 e. The molecule has 2 aromatic rings. The highest BCUT2D eigenvalue weighted by molar-refractivity contribution is 8.00. The Balaban J connectivity index is 2.10. The van der Waals surface area contributed by atoms with E-state index in [1.807, 2.05) is 38.1 Å². The van der Waals surface area contributed by atoms with Crippen LogP contribution in [0.15, 0.2) is 47.4 Å². The zero-order chi connectivity index (χ0) is 17.0. The minimum atomic E-state index is -0.550. The van der Waals surface area contributed by atoms with Gasteiger partial charge in [0, 0.05) is 10.6 Å². The second-order valence-corrected chi connectivity index (χ2v) is 6.95. The van der Waals surface area contributed by atoms with Gasteiger partial charge < -0.3 is 5.32 Å². The lowest BCUT2D eigenvalue weighted by Gasteiger charge is -2.16. The Morgan fingerprint density at radius 1 is 1.09 bits per heavy atom. The van der Waals surface area contributed by atoms with Crippen molar-refractivity contribution in [1.82, 2.24) is 0 Å². The van der Waals surface area contributed by atoms with Crippen LogP contribution in [0, 0.1) is 11.6 Å². The van der Waals surface area contributed by atoms with Crippen molar-refractivity contribution in [2.45, 2.75) is 36.8 Å². The van der Waals surface area contributed by atoms with E-state index in [1.54, 1.807) is 6.92 Å². The van der Waals surface area contributed by atoms with Gasteiger partial charge in [-0.05, 0) is 42.7 Å². The van der Waals surface area contributed by atoms with E-state index in [2.05, 4.69) is 5.32 Å². The SMILES string of the molecule is CC(C)c1ccccc1NC(=O)[C@@H](C)Sc1cc(F)ccc1F. The van der Waals surface area contributed by atoms with Crippen LogP contribution in [0.3, 0.4) is 0 Å². The van der Waals surface area contributed by atoms with Gasteiger partial charge in [-0.3, -0.25) is 4.79 Å². The number of benzene rings is 2. The third-order valence-corrected chi connectivity index (χ3v) is 4.54. The maximum absolute atomic E-state index is 13.7. The summed E-state index contributed by atoms with van der Waals surface area (Å²) in [4.78, 5) is 12.5. The molecule has 0 radical (unpaired) electrons. The number of nitrogens with one attached hydrogen (secondary N) is 1. The number of halogens is 2. The lowest BCUT2D eigenvalue weighted by Crippen LogP contribution is -2.23. The molecule has 0 aliphatic rings. The highest BCUT2D eigenvalue weighted by Gasteiger charge is 2.18. The van der Waals surface area contributed by atoms with Crippen LogP contribution >= 0.6 is 11.8 Å². The van der Waals surface area contributed by atoms with Crippen molar-refractivity contribution in [3.05, 3.63) is 59.7 Å². The van der Waals surface area contributed by atoms with E-state index in [9.17, 15) is 13.6 Å². The van der Waals surface area contributed by atoms with Gasteiger partial charge in [-0.1, -0.05) is 32.0 Å². The van der Waals surface area contributed by atoms with Crippen LogP contribution in [0.2, 0.25) is 0 Å². The molecule has 5 heteroatoms. The van der Waals surface area contributed by atoms with E-state index in [0.717, 1.165) is 41.2 Å². The predicted molar refractivity (Wildman–Crippen MR) is 90.8 cm³/mol. The summed E-state index contributed by atoms with van der Waals surface area (Å²) in [5.41, 5.74) is 1.79. The molecule has 0 spiro atoms. The summed E-state index contributed by atoms with van der Waals surface area (Å²) in [6.07, 6.45) is 0. The average molecular weight is 335 g/mol. The second kappa shape index (κ2) is 7.59. The fraction of sp³-hybridized carbons (Fsp3) is 0.278. The van der Waals surface area contributed by atoms with Crippen molar-refractivity contribution in [2.24, 2.45) is 0 Å². The van der Waals surface area contributed by atoms with E-state index in [4.69, 9.17) is 0 Å². The smallest absolute Gasteiger partial charge is 0.237 e. The Morgan fingerprint density at radius 3 is 2.48 bits per heavy atom. The largest absolute Gasteiger partial charge is 0.325 e. The first-order valence-corrected chi connectivity index (χ1v) is 8.28. The standard InChI is InChI=1S/C18H19F2NOS/c1-11(2)14-6-4-5-7-16(14)21-18(22)12(3)23-17-10-13(19)8-9-15(17)20/h4-12H,1-3H3,(H,21,22)/t12-/m1/s1. The minimum absolute atomic E-state index is 0.129. The van der Waals surface area contributed by atoms with Crippen LogP contribution < -0.4 is 5.32 Å². The number of thioether (sulfide) groups is 1. The van der Waals surface area contributed by atoms with Crippen molar-refractivity contribution in [3.63, 3.8) is 0 Å². The van der Waals surface area contributed by atoms with Gasteiger partial charge in [0.15, 0.2) is 0 Å². The quantitative estimate of drug-likeness (QED) is 0.760. The summed E-state index contributed by atoms with van der Waals surface area (Å²) in [5, 5.41) is 2.32. The second-order valence-electron chi connectivity index (χ2n) is 5.57.